The number of hydrogen-bond donors (Lipinski definition) is 0. The first-order valence-corrected chi connectivity index (χ1v) is 7.31. The van der Waals surface area contributed by atoms with Crippen LogP contribution in [-0.2, 0) is 5.88 Å². The van der Waals surface area contributed by atoms with E-state index in [1.54, 1.807) is 0 Å². The Balaban J connectivity index is 2.15. The Kier molecular flexibility index (Phi) is 4.71. The molecule has 0 aliphatic carbocycles. The molecule has 0 N–H and O–H groups in total. The zero-order valence-electron chi connectivity index (χ0n) is 10.1. The van der Waals surface area contributed by atoms with Crippen molar-refractivity contribution in [1.82, 2.24) is 4.90 Å². The van der Waals surface area contributed by atoms with Gasteiger partial charge in [-0.2, -0.15) is 0 Å². The largest absolute Gasteiger partial charge is 0.369 e. The first-order chi connectivity index (χ1) is 8.20. The van der Waals surface area contributed by atoms with Gasteiger partial charge in [0.2, 0.25) is 0 Å². The van der Waals surface area contributed by atoms with Crippen LogP contribution in [0.4, 0.5) is 5.69 Å². The summed E-state index contributed by atoms with van der Waals surface area (Å²) in [5.41, 5.74) is 2.45. The van der Waals surface area contributed by atoms with Gasteiger partial charge in [0.05, 0.1) is 5.69 Å². The van der Waals surface area contributed by atoms with E-state index in [4.69, 9.17) is 11.6 Å². The van der Waals surface area contributed by atoms with Crippen molar-refractivity contribution in [2.75, 3.05) is 38.1 Å². The van der Waals surface area contributed by atoms with Gasteiger partial charge >= 0.3 is 0 Å². The molecule has 1 aliphatic heterocycles. The quantitative estimate of drug-likeness (QED) is 0.772. The predicted octanol–water partition coefficient (Wildman–Crippen LogP) is 3.33. The van der Waals surface area contributed by atoms with Gasteiger partial charge in [-0.15, -0.1) is 11.6 Å². The van der Waals surface area contributed by atoms with Gasteiger partial charge in [-0.3, -0.25) is 0 Å². The lowest BCUT2D eigenvalue weighted by Crippen LogP contribution is -2.28. The van der Waals surface area contributed by atoms with Gasteiger partial charge in [0, 0.05) is 30.0 Å². The topological polar surface area (TPSA) is 6.48 Å². The lowest BCUT2D eigenvalue weighted by Gasteiger charge is -2.24. The minimum absolute atomic E-state index is 0.571. The van der Waals surface area contributed by atoms with Crippen LogP contribution in [0.15, 0.2) is 22.7 Å². The molecule has 94 valence electrons. The van der Waals surface area contributed by atoms with Crippen LogP contribution in [0, 0.1) is 0 Å². The number of halogens is 2. The molecule has 1 saturated heterocycles. The highest BCUT2D eigenvalue weighted by Crippen LogP contribution is 2.28. The summed E-state index contributed by atoms with van der Waals surface area (Å²) in [4.78, 5) is 4.84. The average molecular weight is 318 g/mol. The third kappa shape index (κ3) is 3.36. The first kappa shape index (κ1) is 13.2. The van der Waals surface area contributed by atoms with Gasteiger partial charge in [-0.25, -0.2) is 0 Å². The Bertz CT molecular complexity index is 384. The number of benzene rings is 1. The van der Waals surface area contributed by atoms with Crippen molar-refractivity contribution in [1.29, 1.82) is 0 Å². The highest BCUT2D eigenvalue weighted by Gasteiger charge is 2.14. The normalized spacial score (nSPS) is 18.2. The van der Waals surface area contributed by atoms with Crippen LogP contribution in [-0.4, -0.2) is 38.1 Å². The van der Waals surface area contributed by atoms with E-state index in [1.165, 1.54) is 18.7 Å². The molecule has 2 rings (SSSR count). The zero-order valence-corrected chi connectivity index (χ0v) is 12.5. The van der Waals surface area contributed by atoms with Crippen LogP contribution in [0.25, 0.3) is 0 Å². The van der Waals surface area contributed by atoms with Gasteiger partial charge in [0.25, 0.3) is 0 Å². The molecule has 1 aromatic carbocycles. The zero-order chi connectivity index (χ0) is 12.3. The first-order valence-electron chi connectivity index (χ1n) is 5.98. The molecule has 1 fully saturated rings. The van der Waals surface area contributed by atoms with E-state index in [-0.39, 0.29) is 0 Å². The van der Waals surface area contributed by atoms with Gasteiger partial charge < -0.3 is 9.80 Å². The van der Waals surface area contributed by atoms with Crippen molar-refractivity contribution in [2.24, 2.45) is 0 Å². The molecule has 1 aromatic rings. The minimum atomic E-state index is 0.571. The van der Waals surface area contributed by atoms with Crippen LogP contribution in [0.5, 0.6) is 0 Å². The maximum atomic E-state index is 5.84. The maximum Gasteiger partial charge on any atom is 0.0511 e. The van der Waals surface area contributed by atoms with Crippen molar-refractivity contribution in [3.05, 3.63) is 28.2 Å². The molecular weight excluding hydrogens is 300 g/mol. The van der Waals surface area contributed by atoms with Crippen LogP contribution in [0.1, 0.15) is 12.0 Å². The molecule has 0 aromatic heterocycles. The van der Waals surface area contributed by atoms with Crippen LogP contribution in [0.2, 0.25) is 0 Å². The van der Waals surface area contributed by atoms with E-state index >= 15 is 0 Å². The van der Waals surface area contributed by atoms with E-state index in [9.17, 15) is 0 Å². The molecule has 0 amide bonds. The second kappa shape index (κ2) is 6.07. The van der Waals surface area contributed by atoms with Crippen LogP contribution < -0.4 is 4.90 Å². The monoisotopic (exact) mass is 316 g/mol. The summed E-state index contributed by atoms with van der Waals surface area (Å²) in [6.07, 6.45) is 1.22. The third-order valence-corrected chi connectivity index (χ3v) is 4.17. The second-order valence-electron chi connectivity index (χ2n) is 4.56. The highest BCUT2D eigenvalue weighted by atomic mass is 79.9. The van der Waals surface area contributed by atoms with Crippen LogP contribution >= 0.6 is 27.5 Å². The number of alkyl halides is 1. The van der Waals surface area contributed by atoms with E-state index in [2.05, 4.69) is 51.0 Å². The molecule has 0 unspecified atom stereocenters. The summed E-state index contributed by atoms with van der Waals surface area (Å²) in [5, 5.41) is 0. The Labute approximate surface area is 117 Å². The fourth-order valence-electron chi connectivity index (χ4n) is 2.18. The molecule has 4 heteroatoms. The molecule has 0 radical (unpaired) electrons. The molecule has 1 heterocycles. The van der Waals surface area contributed by atoms with Gasteiger partial charge in [0.1, 0.15) is 0 Å². The fraction of sp³-hybridized carbons (Fsp3) is 0.538. The van der Waals surface area contributed by atoms with Crippen molar-refractivity contribution >= 4 is 33.2 Å². The number of anilines is 1. The Hall–Kier alpha value is -0.250. The second-order valence-corrected chi connectivity index (χ2v) is 5.68. The third-order valence-electron chi connectivity index (χ3n) is 3.23. The maximum absolute atomic E-state index is 5.84. The van der Waals surface area contributed by atoms with E-state index < -0.39 is 0 Å². The molecule has 0 saturated carbocycles. The van der Waals surface area contributed by atoms with Gasteiger partial charge in [0.15, 0.2) is 0 Å². The lowest BCUT2D eigenvalue weighted by atomic mass is 10.2. The van der Waals surface area contributed by atoms with E-state index in [0.717, 1.165) is 29.7 Å². The Morgan fingerprint density at radius 2 is 2.06 bits per heavy atom. The highest BCUT2D eigenvalue weighted by molar-refractivity contribution is 9.10. The van der Waals surface area contributed by atoms with Crippen molar-refractivity contribution in [2.45, 2.75) is 12.3 Å². The number of likely N-dealkylation sites (N-methyl/N-ethyl adjacent to an activating group) is 1. The summed E-state index contributed by atoms with van der Waals surface area (Å²) in [6.45, 7) is 4.54. The minimum Gasteiger partial charge on any atom is -0.369 e. The van der Waals surface area contributed by atoms with Gasteiger partial charge in [-0.05, 0) is 53.6 Å². The summed E-state index contributed by atoms with van der Waals surface area (Å²) < 4.78 is 1.15. The summed E-state index contributed by atoms with van der Waals surface area (Å²) in [5.74, 6) is 0.571. The fourth-order valence-corrected chi connectivity index (χ4v) is 3.02. The predicted molar refractivity (Wildman–Crippen MR) is 78.0 cm³/mol. The van der Waals surface area contributed by atoms with E-state index in [1.807, 2.05) is 0 Å². The molecule has 0 bridgehead atoms. The Morgan fingerprint density at radius 1 is 1.24 bits per heavy atom. The molecule has 2 nitrogen and oxygen atoms in total. The molecular formula is C13H18BrClN2. The van der Waals surface area contributed by atoms with Gasteiger partial charge in [-0.1, -0.05) is 6.07 Å². The lowest BCUT2D eigenvalue weighted by molar-refractivity contribution is 0.360. The van der Waals surface area contributed by atoms with Crippen LogP contribution in [0.3, 0.4) is 0 Å². The molecule has 1 aliphatic rings. The van der Waals surface area contributed by atoms with Crippen molar-refractivity contribution in [3.8, 4) is 0 Å². The number of rotatable bonds is 2. The summed E-state index contributed by atoms with van der Waals surface area (Å²) >= 11 is 9.49. The Morgan fingerprint density at radius 3 is 2.76 bits per heavy atom. The standard InChI is InChI=1S/C13H18BrClN2/c1-16-5-2-6-17(8-7-16)13-4-3-11(10-15)9-12(13)14/h3-4,9H,2,5-8,10H2,1H3. The van der Waals surface area contributed by atoms with Crippen molar-refractivity contribution in [3.63, 3.8) is 0 Å². The van der Waals surface area contributed by atoms with E-state index in [0.29, 0.717) is 5.88 Å². The molecule has 0 spiro atoms. The average Bonchev–Trinajstić information content (AvgIpc) is 2.54. The number of nitrogens with zero attached hydrogens (tertiary/aromatic N) is 2. The van der Waals surface area contributed by atoms with Crippen molar-refractivity contribution < 1.29 is 0 Å². The summed E-state index contributed by atoms with van der Waals surface area (Å²) in [7, 11) is 2.19. The smallest absolute Gasteiger partial charge is 0.0511 e. The molecule has 0 atom stereocenters. The number of hydrogen-bond acceptors (Lipinski definition) is 2. The summed E-state index contributed by atoms with van der Waals surface area (Å²) in [6, 6.07) is 6.41. The SMILES string of the molecule is CN1CCCN(c2ccc(CCl)cc2Br)CC1. The molecule has 17 heavy (non-hydrogen) atoms.